The first-order valence-corrected chi connectivity index (χ1v) is 5.85. The van der Waals surface area contributed by atoms with Crippen LogP contribution in [0.15, 0.2) is 34.2 Å². The Morgan fingerprint density at radius 3 is 2.40 bits per heavy atom. The van der Waals surface area contributed by atoms with Crippen LogP contribution in [-0.2, 0) is 6.54 Å². The van der Waals surface area contributed by atoms with E-state index in [4.69, 9.17) is 4.42 Å². The van der Waals surface area contributed by atoms with E-state index >= 15 is 0 Å². The molecule has 0 amide bonds. The fraction of sp³-hybridized carbons (Fsp3) is 0.538. The zero-order valence-electron chi connectivity index (χ0n) is 9.04. The summed E-state index contributed by atoms with van der Waals surface area (Å²) in [5.41, 5.74) is 4.83. The summed E-state index contributed by atoms with van der Waals surface area (Å²) in [7, 11) is 0. The van der Waals surface area contributed by atoms with Crippen molar-refractivity contribution in [2.24, 2.45) is 0 Å². The zero-order chi connectivity index (χ0) is 10.1. The van der Waals surface area contributed by atoms with Crippen molar-refractivity contribution in [1.82, 2.24) is 4.90 Å². The molecule has 0 atom stereocenters. The van der Waals surface area contributed by atoms with E-state index in [1.54, 1.807) is 17.4 Å². The van der Waals surface area contributed by atoms with Crippen molar-refractivity contribution in [2.45, 2.75) is 32.2 Å². The van der Waals surface area contributed by atoms with E-state index in [9.17, 15) is 0 Å². The molecule has 2 aliphatic rings. The summed E-state index contributed by atoms with van der Waals surface area (Å²) in [6.45, 7) is 3.51. The van der Waals surface area contributed by atoms with E-state index < -0.39 is 0 Å². The maximum absolute atomic E-state index is 5.09. The van der Waals surface area contributed by atoms with Crippen LogP contribution in [0.3, 0.4) is 0 Å². The minimum absolute atomic E-state index is 1.05. The topological polar surface area (TPSA) is 16.4 Å². The molecule has 0 radical (unpaired) electrons. The second kappa shape index (κ2) is 3.86. The van der Waals surface area contributed by atoms with E-state index in [0.717, 1.165) is 6.54 Å². The maximum Gasteiger partial charge on any atom is 0.0947 e. The number of allylic oxidation sites excluding steroid dienone is 1. The van der Waals surface area contributed by atoms with Crippen LogP contribution in [0.5, 0.6) is 0 Å². The van der Waals surface area contributed by atoms with E-state index in [0.29, 0.717) is 0 Å². The summed E-state index contributed by atoms with van der Waals surface area (Å²) >= 11 is 0. The van der Waals surface area contributed by atoms with Crippen LogP contribution in [-0.4, -0.2) is 18.0 Å². The Hall–Kier alpha value is -1.02. The predicted octanol–water partition coefficient (Wildman–Crippen LogP) is 2.97. The smallest absolute Gasteiger partial charge is 0.0947 e. The van der Waals surface area contributed by atoms with Gasteiger partial charge in [0.05, 0.1) is 12.5 Å². The maximum atomic E-state index is 5.09. The average Bonchev–Trinajstić information content (AvgIpc) is 2.99. The van der Waals surface area contributed by atoms with Gasteiger partial charge in [0.1, 0.15) is 0 Å². The predicted molar refractivity (Wildman–Crippen MR) is 59.5 cm³/mol. The molecule has 0 aromatic carbocycles. The number of nitrogens with zero attached hydrogens (tertiary/aromatic N) is 1. The van der Waals surface area contributed by atoms with Crippen LogP contribution in [0, 0.1) is 0 Å². The normalized spacial score (nSPS) is 22.1. The number of likely N-dealkylation sites (tertiary alicyclic amines) is 1. The highest BCUT2D eigenvalue weighted by atomic mass is 16.3. The molecule has 2 heteroatoms. The van der Waals surface area contributed by atoms with Crippen molar-refractivity contribution in [1.29, 1.82) is 0 Å². The quantitative estimate of drug-likeness (QED) is 0.687. The van der Waals surface area contributed by atoms with Crippen molar-refractivity contribution in [3.63, 3.8) is 0 Å². The molecule has 1 aliphatic carbocycles. The third-order valence-electron chi connectivity index (χ3n) is 3.45. The molecule has 0 spiro atoms. The lowest BCUT2D eigenvalue weighted by molar-refractivity contribution is 0.247. The molecule has 2 heterocycles. The molecule has 1 aliphatic heterocycles. The number of rotatable bonds is 2. The van der Waals surface area contributed by atoms with Crippen LogP contribution >= 0.6 is 0 Å². The summed E-state index contributed by atoms with van der Waals surface area (Å²) in [4.78, 5) is 2.53. The van der Waals surface area contributed by atoms with E-state index in [2.05, 4.69) is 11.0 Å². The minimum Gasteiger partial charge on any atom is -0.472 e. The van der Waals surface area contributed by atoms with Gasteiger partial charge in [-0.2, -0.15) is 0 Å². The van der Waals surface area contributed by atoms with Gasteiger partial charge in [0.2, 0.25) is 0 Å². The largest absolute Gasteiger partial charge is 0.472 e. The Balaban J connectivity index is 1.56. The molecular formula is C13H17NO. The Bertz CT molecular complexity index is 348. The van der Waals surface area contributed by atoms with Crippen LogP contribution < -0.4 is 0 Å². The summed E-state index contributed by atoms with van der Waals surface area (Å²) in [6.07, 6.45) is 8.99. The Morgan fingerprint density at radius 1 is 1.07 bits per heavy atom. The molecule has 1 saturated carbocycles. The third kappa shape index (κ3) is 2.15. The molecule has 0 unspecified atom stereocenters. The number of piperidine rings is 1. The van der Waals surface area contributed by atoms with Gasteiger partial charge in [0.15, 0.2) is 0 Å². The van der Waals surface area contributed by atoms with Gasteiger partial charge in [-0.1, -0.05) is 11.1 Å². The van der Waals surface area contributed by atoms with Crippen molar-refractivity contribution < 1.29 is 4.42 Å². The second-order valence-electron chi connectivity index (χ2n) is 4.61. The molecule has 15 heavy (non-hydrogen) atoms. The fourth-order valence-corrected chi connectivity index (χ4v) is 2.39. The first kappa shape index (κ1) is 9.22. The third-order valence-corrected chi connectivity index (χ3v) is 3.45. The SMILES string of the molecule is c1cc(CN2CCC(=C3CC3)CC2)co1. The lowest BCUT2D eigenvalue weighted by Gasteiger charge is -2.27. The lowest BCUT2D eigenvalue weighted by atomic mass is 10.0. The molecule has 2 fully saturated rings. The summed E-state index contributed by atoms with van der Waals surface area (Å²) in [5.74, 6) is 0. The van der Waals surface area contributed by atoms with Crippen LogP contribution in [0.25, 0.3) is 0 Å². The molecule has 1 saturated heterocycles. The van der Waals surface area contributed by atoms with E-state index in [1.807, 2.05) is 6.26 Å². The van der Waals surface area contributed by atoms with Gasteiger partial charge >= 0.3 is 0 Å². The Morgan fingerprint density at radius 2 is 1.80 bits per heavy atom. The highest BCUT2D eigenvalue weighted by molar-refractivity contribution is 5.26. The van der Waals surface area contributed by atoms with Gasteiger partial charge in [-0.05, 0) is 31.7 Å². The highest BCUT2D eigenvalue weighted by Gasteiger charge is 2.21. The first-order chi connectivity index (χ1) is 7.42. The molecular weight excluding hydrogens is 186 g/mol. The average molecular weight is 203 g/mol. The molecule has 3 rings (SSSR count). The monoisotopic (exact) mass is 203 g/mol. The number of hydrogen-bond acceptors (Lipinski definition) is 2. The van der Waals surface area contributed by atoms with Gasteiger partial charge < -0.3 is 4.42 Å². The molecule has 80 valence electrons. The number of furan rings is 1. The molecule has 1 aromatic heterocycles. The van der Waals surface area contributed by atoms with Crippen LogP contribution in [0.2, 0.25) is 0 Å². The first-order valence-electron chi connectivity index (χ1n) is 5.85. The van der Waals surface area contributed by atoms with Crippen molar-refractivity contribution >= 4 is 0 Å². The van der Waals surface area contributed by atoms with Gasteiger partial charge in [0, 0.05) is 25.2 Å². The highest BCUT2D eigenvalue weighted by Crippen LogP contribution is 2.36. The summed E-state index contributed by atoms with van der Waals surface area (Å²) < 4.78 is 5.09. The van der Waals surface area contributed by atoms with Gasteiger partial charge in [0.25, 0.3) is 0 Å². The summed E-state index contributed by atoms with van der Waals surface area (Å²) in [5, 5.41) is 0. The lowest BCUT2D eigenvalue weighted by Crippen LogP contribution is -2.30. The second-order valence-corrected chi connectivity index (χ2v) is 4.61. The van der Waals surface area contributed by atoms with E-state index in [1.165, 1.54) is 44.3 Å². The van der Waals surface area contributed by atoms with E-state index in [-0.39, 0.29) is 0 Å². The fourth-order valence-electron chi connectivity index (χ4n) is 2.39. The zero-order valence-corrected chi connectivity index (χ0v) is 9.04. The Labute approximate surface area is 90.6 Å². The molecule has 2 nitrogen and oxygen atoms in total. The minimum atomic E-state index is 1.05. The van der Waals surface area contributed by atoms with Gasteiger partial charge in [-0.3, -0.25) is 4.90 Å². The van der Waals surface area contributed by atoms with Gasteiger partial charge in [-0.15, -0.1) is 0 Å². The van der Waals surface area contributed by atoms with Gasteiger partial charge in [-0.25, -0.2) is 0 Å². The Kier molecular flexibility index (Phi) is 2.37. The van der Waals surface area contributed by atoms with Crippen LogP contribution in [0.1, 0.15) is 31.2 Å². The van der Waals surface area contributed by atoms with Crippen LogP contribution in [0.4, 0.5) is 0 Å². The molecule has 0 N–H and O–H groups in total. The molecule has 1 aromatic rings. The number of hydrogen-bond donors (Lipinski definition) is 0. The van der Waals surface area contributed by atoms with Crippen molar-refractivity contribution in [2.75, 3.05) is 13.1 Å². The standard InChI is InChI=1S/C13H17NO/c1-2-12(1)13-3-6-14(7-4-13)9-11-5-8-15-10-11/h5,8,10H,1-4,6-7,9H2. The van der Waals surface area contributed by atoms with Crippen molar-refractivity contribution in [3.8, 4) is 0 Å². The molecule has 0 bridgehead atoms. The van der Waals surface area contributed by atoms with Crippen molar-refractivity contribution in [3.05, 3.63) is 35.3 Å². The summed E-state index contributed by atoms with van der Waals surface area (Å²) in [6, 6.07) is 2.06.